The standard InChI is InChI=1S/C44H38N4O6/c1-5-53-43(49)33-19-21-45-37(27-33)39-23-31(9-7-29-11-15-35(51-3)16-12-29)25-41(47-39)42-26-32(10-8-30-13-17-36(52-4)18-14-30)24-40(48-42)38-28-34(20-22-46-38)44(50)54-6-2/h7-28H,5-6H2,1-4H3/b9-7+,10-8+. The van der Waals surface area contributed by atoms with Gasteiger partial charge in [0.05, 0.1) is 72.7 Å². The van der Waals surface area contributed by atoms with Gasteiger partial charge in [0.15, 0.2) is 0 Å². The molecule has 4 heterocycles. The summed E-state index contributed by atoms with van der Waals surface area (Å²) >= 11 is 0. The van der Waals surface area contributed by atoms with Gasteiger partial charge in [0.25, 0.3) is 0 Å². The topological polar surface area (TPSA) is 123 Å². The number of nitrogens with zero attached hydrogens (tertiary/aromatic N) is 4. The molecule has 270 valence electrons. The summed E-state index contributed by atoms with van der Waals surface area (Å²) in [5, 5.41) is 0. The Labute approximate surface area is 313 Å². The third-order valence-corrected chi connectivity index (χ3v) is 8.19. The van der Waals surface area contributed by atoms with Crippen molar-refractivity contribution < 1.29 is 28.5 Å². The van der Waals surface area contributed by atoms with Gasteiger partial charge in [-0.3, -0.25) is 9.97 Å². The van der Waals surface area contributed by atoms with Gasteiger partial charge >= 0.3 is 11.9 Å². The van der Waals surface area contributed by atoms with E-state index in [1.807, 2.05) is 97.1 Å². The number of carbonyl (C=O) groups excluding carboxylic acids is 2. The van der Waals surface area contributed by atoms with Crippen LogP contribution in [-0.2, 0) is 9.47 Å². The number of hydrogen-bond donors (Lipinski definition) is 0. The maximum Gasteiger partial charge on any atom is 0.338 e. The lowest BCUT2D eigenvalue weighted by Gasteiger charge is -2.11. The van der Waals surface area contributed by atoms with Gasteiger partial charge in [-0.25, -0.2) is 19.6 Å². The number of ether oxygens (including phenoxy) is 4. The molecule has 0 fully saturated rings. The first-order valence-corrected chi connectivity index (χ1v) is 17.3. The molecule has 6 rings (SSSR count). The van der Waals surface area contributed by atoms with Gasteiger partial charge in [-0.15, -0.1) is 0 Å². The second kappa shape index (κ2) is 17.5. The van der Waals surface area contributed by atoms with E-state index in [-0.39, 0.29) is 13.2 Å². The summed E-state index contributed by atoms with van der Waals surface area (Å²) in [5.41, 5.74) is 7.43. The third-order valence-electron chi connectivity index (χ3n) is 8.19. The lowest BCUT2D eigenvalue weighted by Crippen LogP contribution is -2.05. The zero-order chi connectivity index (χ0) is 37.9. The van der Waals surface area contributed by atoms with Crippen LogP contribution in [0.5, 0.6) is 11.5 Å². The molecule has 0 aliphatic heterocycles. The number of pyridine rings is 4. The number of esters is 2. The van der Waals surface area contributed by atoms with Crippen molar-refractivity contribution in [2.75, 3.05) is 27.4 Å². The van der Waals surface area contributed by atoms with Crippen LogP contribution in [0, 0.1) is 0 Å². The summed E-state index contributed by atoms with van der Waals surface area (Å²) in [6.07, 6.45) is 11.1. The van der Waals surface area contributed by atoms with Gasteiger partial charge in [0.1, 0.15) is 11.5 Å². The zero-order valence-electron chi connectivity index (χ0n) is 30.4. The lowest BCUT2D eigenvalue weighted by atomic mass is 10.0. The van der Waals surface area contributed by atoms with Crippen LogP contribution in [0.1, 0.15) is 56.8 Å². The highest BCUT2D eigenvalue weighted by atomic mass is 16.5. The highest BCUT2D eigenvalue weighted by molar-refractivity contribution is 5.91. The molecule has 0 aliphatic carbocycles. The smallest absolute Gasteiger partial charge is 0.338 e. The predicted octanol–water partition coefficient (Wildman–Crippen LogP) is 8.98. The van der Waals surface area contributed by atoms with Crippen LogP contribution in [-0.4, -0.2) is 59.3 Å². The number of carbonyl (C=O) groups is 2. The Bertz CT molecular complexity index is 2150. The second-order valence-electron chi connectivity index (χ2n) is 11.9. The maximum absolute atomic E-state index is 12.6. The molecular weight excluding hydrogens is 681 g/mol. The molecule has 0 spiro atoms. The van der Waals surface area contributed by atoms with Crippen LogP contribution < -0.4 is 9.47 Å². The Balaban J connectivity index is 1.50. The molecule has 6 aromatic rings. The average molecular weight is 719 g/mol. The van der Waals surface area contributed by atoms with Crippen molar-refractivity contribution in [3.63, 3.8) is 0 Å². The van der Waals surface area contributed by atoms with Gasteiger partial charge < -0.3 is 18.9 Å². The Morgan fingerprint density at radius 3 is 1.19 bits per heavy atom. The lowest BCUT2D eigenvalue weighted by molar-refractivity contribution is 0.0516. The molecule has 0 bridgehead atoms. The SMILES string of the molecule is CCOC(=O)c1ccnc(-c2cc(/C=C/c3ccc(OC)cc3)cc(-c3cc(/C=C/c4ccc(OC)cc4)cc(-c4cc(C(=O)OCC)ccn4)n3)n2)c1. The van der Waals surface area contributed by atoms with Gasteiger partial charge in [-0.2, -0.15) is 0 Å². The van der Waals surface area contributed by atoms with Crippen LogP contribution in [0.3, 0.4) is 0 Å². The Kier molecular flexibility index (Phi) is 12.0. The van der Waals surface area contributed by atoms with E-state index >= 15 is 0 Å². The summed E-state index contributed by atoms with van der Waals surface area (Å²) in [5.74, 6) is 0.630. The molecule has 0 atom stereocenters. The van der Waals surface area contributed by atoms with Crippen molar-refractivity contribution in [2.45, 2.75) is 13.8 Å². The van der Waals surface area contributed by atoms with Crippen LogP contribution in [0.25, 0.3) is 58.5 Å². The van der Waals surface area contributed by atoms with Crippen molar-refractivity contribution in [3.8, 4) is 45.7 Å². The Hall–Kier alpha value is -6.94. The summed E-state index contributed by atoms with van der Waals surface area (Å²) < 4.78 is 21.1. The van der Waals surface area contributed by atoms with Gasteiger partial charge in [-0.1, -0.05) is 48.6 Å². The highest BCUT2D eigenvalue weighted by Gasteiger charge is 2.16. The number of benzene rings is 2. The second-order valence-corrected chi connectivity index (χ2v) is 11.9. The molecule has 54 heavy (non-hydrogen) atoms. The fraction of sp³-hybridized carbons (Fsp3) is 0.136. The van der Waals surface area contributed by atoms with E-state index in [2.05, 4.69) is 9.97 Å². The fourth-order valence-corrected chi connectivity index (χ4v) is 5.46. The van der Waals surface area contributed by atoms with E-state index in [1.165, 1.54) is 0 Å². The van der Waals surface area contributed by atoms with E-state index in [0.717, 1.165) is 33.8 Å². The van der Waals surface area contributed by atoms with Crippen molar-refractivity contribution in [2.24, 2.45) is 0 Å². The zero-order valence-corrected chi connectivity index (χ0v) is 30.4. The molecule has 4 aromatic heterocycles. The monoisotopic (exact) mass is 718 g/mol. The molecule has 0 unspecified atom stereocenters. The quantitative estimate of drug-likeness (QED) is 0.107. The minimum absolute atomic E-state index is 0.249. The number of aromatic nitrogens is 4. The van der Waals surface area contributed by atoms with Crippen LogP contribution >= 0.6 is 0 Å². The Morgan fingerprint density at radius 1 is 0.481 bits per heavy atom. The Morgan fingerprint density at radius 2 is 0.833 bits per heavy atom. The third kappa shape index (κ3) is 9.29. The molecular formula is C44H38N4O6. The minimum atomic E-state index is -0.447. The molecule has 2 aromatic carbocycles. The van der Waals surface area contributed by atoms with E-state index in [9.17, 15) is 9.59 Å². The summed E-state index contributed by atoms with van der Waals surface area (Å²) in [6.45, 7) is 4.02. The van der Waals surface area contributed by atoms with Gasteiger partial charge in [0, 0.05) is 12.4 Å². The number of methoxy groups -OCH3 is 2. The summed E-state index contributed by atoms with van der Waals surface area (Å²) in [7, 11) is 3.26. The van der Waals surface area contributed by atoms with Gasteiger partial charge in [-0.05, 0) is 109 Å². The molecule has 0 radical (unpaired) electrons. The predicted molar refractivity (Wildman–Crippen MR) is 210 cm³/mol. The van der Waals surface area contributed by atoms with E-state index in [4.69, 9.17) is 28.9 Å². The summed E-state index contributed by atoms with van der Waals surface area (Å²) in [4.78, 5) is 44.5. The van der Waals surface area contributed by atoms with Crippen LogP contribution in [0.15, 0.2) is 109 Å². The van der Waals surface area contributed by atoms with E-state index in [0.29, 0.717) is 45.3 Å². The van der Waals surface area contributed by atoms with Crippen LogP contribution in [0.4, 0.5) is 0 Å². The molecule has 0 N–H and O–H groups in total. The highest BCUT2D eigenvalue weighted by Crippen LogP contribution is 2.29. The number of rotatable bonds is 13. The largest absolute Gasteiger partial charge is 0.497 e. The average Bonchev–Trinajstić information content (AvgIpc) is 3.22. The first-order valence-electron chi connectivity index (χ1n) is 17.3. The first kappa shape index (κ1) is 36.8. The van der Waals surface area contributed by atoms with Crippen molar-refractivity contribution in [1.29, 1.82) is 0 Å². The van der Waals surface area contributed by atoms with E-state index in [1.54, 1.807) is 64.7 Å². The normalized spacial score (nSPS) is 11.1. The molecule has 0 saturated carbocycles. The van der Waals surface area contributed by atoms with Crippen molar-refractivity contribution in [1.82, 2.24) is 19.9 Å². The number of hydrogen-bond acceptors (Lipinski definition) is 10. The molecule has 0 amide bonds. The maximum atomic E-state index is 12.6. The van der Waals surface area contributed by atoms with Crippen LogP contribution in [0.2, 0.25) is 0 Å². The van der Waals surface area contributed by atoms with Crippen molar-refractivity contribution >= 4 is 36.2 Å². The molecule has 0 saturated heterocycles. The molecule has 10 nitrogen and oxygen atoms in total. The molecule has 0 aliphatic rings. The first-order chi connectivity index (χ1) is 26.3. The fourth-order valence-electron chi connectivity index (χ4n) is 5.46. The summed E-state index contributed by atoms with van der Waals surface area (Å²) in [6, 6.07) is 29.7. The van der Waals surface area contributed by atoms with Gasteiger partial charge in [0.2, 0.25) is 0 Å². The minimum Gasteiger partial charge on any atom is -0.497 e. The molecule has 10 heteroatoms. The van der Waals surface area contributed by atoms with Crippen molar-refractivity contribution in [3.05, 3.63) is 143 Å². The van der Waals surface area contributed by atoms with E-state index < -0.39 is 11.9 Å².